The van der Waals surface area contributed by atoms with Crippen LogP contribution in [0, 0.1) is 0 Å². The first-order valence-electron chi connectivity index (χ1n) is 7.33. The Morgan fingerprint density at radius 2 is 2.05 bits per heavy atom. The fourth-order valence-electron chi connectivity index (χ4n) is 2.55. The van der Waals surface area contributed by atoms with Crippen LogP contribution in [-0.2, 0) is 13.0 Å². The van der Waals surface area contributed by atoms with Crippen molar-refractivity contribution in [2.75, 3.05) is 11.9 Å². The van der Waals surface area contributed by atoms with Crippen molar-refractivity contribution in [3.63, 3.8) is 0 Å². The molecule has 21 heavy (non-hydrogen) atoms. The minimum Gasteiger partial charge on any atom is -0.311 e. The van der Waals surface area contributed by atoms with E-state index in [2.05, 4.69) is 34.7 Å². The summed E-state index contributed by atoms with van der Waals surface area (Å²) < 4.78 is 0. The molecule has 0 fully saturated rings. The number of carbonyl (C=O) groups is 1. The Bertz CT molecular complexity index is 643. The maximum absolute atomic E-state index is 12.3. The predicted molar refractivity (Wildman–Crippen MR) is 82.5 cm³/mol. The van der Waals surface area contributed by atoms with Gasteiger partial charge in [-0.15, -0.1) is 0 Å². The Hall–Kier alpha value is -2.14. The van der Waals surface area contributed by atoms with Gasteiger partial charge in [0.25, 0.3) is 5.91 Å². The van der Waals surface area contributed by atoms with Crippen LogP contribution < -0.4 is 10.6 Å². The van der Waals surface area contributed by atoms with Gasteiger partial charge in [0.05, 0.1) is 5.69 Å². The number of nitrogens with zero attached hydrogens (tertiary/aromatic N) is 1. The summed E-state index contributed by atoms with van der Waals surface area (Å²) in [6.07, 6.45) is 0.883. The molecule has 1 aromatic heterocycles. The van der Waals surface area contributed by atoms with Gasteiger partial charge in [-0.05, 0) is 36.6 Å². The van der Waals surface area contributed by atoms with Gasteiger partial charge in [0.2, 0.25) is 0 Å². The van der Waals surface area contributed by atoms with E-state index in [9.17, 15) is 4.79 Å². The third-order valence-corrected chi connectivity index (χ3v) is 3.88. The Labute approximate surface area is 124 Å². The van der Waals surface area contributed by atoms with Crippen molar-refractivity contribution in [1.82, 2.24) is 15.5 Å². The van der Waals surface area contributed by atoms with Crippen molar-refractivity contribution in [3.05, 3.63) is 46.6 Å². The molecule has 1 aliphatic heterocycles. The minimum absolute atomic E-state index is 0.113. The van der Waals surface area contributed by atoms with Crippen LogP contribution in [0.1, 0.15) is 46.9 Å². The summed E-state index contributed by atoms with van der Waals surface area (Å²) in [4.78, 5) is 12.3. The molecular formula is C16H20N4O. The number of benzene rings is 1. The number of anilines is 1. The van der Waals surface area contributed by atoms with Gasteiger partial charge in [0, 0.05) is 17.7 Å². The Balaban J connectivity index is 1.75. The molecule has 0 atom stereocenters. The van der Waals surface area contributed by atoms with Crippen LogP contribution >= 0.6 is 0 Å². The van der Waals surface area contributed by atoms with Crippen molar-refractivity contribution < 1.29 is 4.79 Å². The summed E-state index contributed by atoms with van der Waals surface area (Å²) in [6, 6.07) is 7.74. The molecule has 5 heteroatoms. The standard InChI is InChI=1S/C16H20N4O/c1-10(2)11-3-5-12(6-4-11)16(21)18-15-13-7-8-17-9-14(13)19-20-15/h3-6,10,17H,7-9H2,1-2H3,(H2,18,19,20,21). The van der Waals surface area contributed by atoms with Crippen molar-refractivity contribution in [3.8, 4) is 0 Å². The third kappa shape index (κ3) is 2.83. The molecular weight excluding hydrogens is 264 g/mol. The lowest BCUT2D eigenvalue weighted by atomic mass is 10.0. The van der Waals surface area contributed by atoms with E-state index in [1.54, 1.807) is 0 Å². The number of hydrogen-bond acceptors (Lipinski definition) is 3. The van der Waals surface area contributed by atoms with Crippen LogP contribution in [0.25, 0.3) is 0 Å². The first-order valence-corrected chi connectivity index (χ1v) is 7.33. The molecule has 2 heterocycles. The van der Waals surface area contributed by atoms with Gasteiger partial charge in [-0.25, -0.2) is 0 Å². The Morgan fingerprint density at radius 1 is 1.29 bits per heavy atom. The summed E-state index contributed by atoms with van der Waals surface area (Å²) in [5.41, 5.74) is 4.06. The molecule has 0 aliphatic carbocycles. The van der Waals surface area contributed by atoms with E-state index in [0.717, 1.165) is 30.8 Å². The molecule has 0 spiro atoms. The molecule has 1 amide bonds. The number of H-pyrrole nitrogens is 1. The average Bonchev–Trinajstić information content (AvgIpc) is 2.91. The number of rotatable bonds is 3. The van der Waals surface area contributed by atoms with E-state index in [-0.39, 0.29) is 5.91 Å². The van der Waals surface area contributed by atoms with Crippen molar-refractivity contribution in [1.29, 1.82) is 0 Å². The molecule has 5 nitrogen and oxygen atoms in total. The summed E-state index contributed by atoms with van der Waals surface area (Å²) >= 11 is 0. The smallest absolute Gasteiger partial charge is 0.256 e. The summed E-state index contributed by atoms with van der Waals surface area (Å²) in [7, 11) is 0. The second-order valence-corrected chi connectivity index (χ2v) is 5.69. The number of amides is 1. The SMILES string of the molecule is CC(C)c1ccc(C(=O)Nc2n[nH]c3c2CCNC3)cc1. The highest BCUT2D eigenvalue weighted by Gasteiger charge is 2.18. The highest BCUT2D eigenvalue weighted by molar-refractivity contribution is 6.04. The lowest BCUT2D eigenvalue weighted by Crippen LogP contribution is -2.24. The first kappa shape index (κ1) is 13.8. The van der Waals surface area contributed by atoms with Crippen LogP contribution in [0.3, 0.4) is 0 Å². The number of nitrogens with one attached hydrogen (secondary N) is 3. The van der Waals surface area contributed by atoms with Crippen LogP contribution in [0.15, 0.2) is 24.3 Å². The second kappa shape index (κ2) is 5.69. The molecule has 3 rings (SSSR count). The van der Waals surface area contributed by atoms with Gasteiger partial charge in [0.1, 0.15) is 0 Å². The molecule has 3 N–H and O–H groups in total. The number of fused-ring (bicyclic) bond motifs is 1. The first-order chi connectivity index (χ1) is 10.1. The van der Waals surface area contributed by atoms with Crippen molar-refractivity contribution in [2.24, 2.45) is 0 Å². The minimum atomic E-state index is -0.113. The fourth-order valence-corrected chi connectivity index (χ4v) is 2.55. The van der Waals surface area contributed by atoms with E-state index in [0.29, 0.717) is 17.3 Å². The monoisotopic (exact) mass is 284 g/mol. The lowest BCUT2D eigenvalue weighted by molar-refractivity contribution is 0.102. The molecule has 0 unspecified atom stereocenters. The van der Waals surface area contributed by atoms with E-state index >= 15 is 0 Å². The highest BCUT2D eigenvalue weighted by Crippen LogP contribution is 2.21. The van der Waals surface area contributed by atoms with Crippen molar-refractivity contribution >= 4 is 11.7 Å². The Kier molecular flexibility index (Phi) is 3.75. The van der Waals surface area contributed by atoms with E-state index in [1.807, 2.05) is 24.3 Å². The maximum Gasteiger partial charge on any atom is 0.256 e. The molecule has 0 bridgehead atoms. The molecule has 0 saturated carbocycles. The molecule has 110 valence electrons. The normalized spacial score (nSPS) is 14.0. The largest absolute Gasteiger partial charge is 0.311 e. The third-order valence-electron chi connectivity index (χ3n) is 3.88. The number of aromatic nitrogens is 2. The van der Waals surface area contributed by atoms with E-state index in [4.69, 9.17) is 0 Å². The van der Waals surface area contributed by atoms with Gasteiger partial charge < -0.3 is 10.6 Å². The Morgan fingerprint density at radius 3 is 2.76 bits per heavy atom. The zero-order chi connectivity index (χ0) is 14.8. The molecule has 2 aromatic rings. The second-order valence-electron chi connectivity index (χ2n) is 5.69. The topological polar surface area (TPSA) is 69.8 Å². The zero-order valence-electron chi connectivity index (χ0n) is 12.4. The van der Waals surface area contributed by atoms with Crippen LogP contribution in [0.5, 0.6) is 0 Å². The van der Waals surface area contributed by atoms with Crippen molar-refractivity contribution in [2.45, 2.75) is 32.7 Å². The zero-order valence-corrected chi connectivity index (χ0v) is 12.4. The summed E-state index contributed by atoms with van der Waals surface area (Å²) in [5.74, 6) is 1.01. The summed E-state index contributed by atoms with van der Waals surface area (Å²) in [5, 5.41) is 13.4. The van der Waals surface area contributed by atoms with Crippen LogP contribution in [0.2, 0.25) is 0 Å². The highest BCUT2D eigenvalue weighted by atomic mass is 16.1. The lowest BCUT2D eigenvalue weighted by Gasteiger charge is -2.13. The number of aromatic amines is 1. The molecule has 0 saturated heterocycles. The maximum atomic E-state index is 12.3. The van der Waals surface area contributed by atoms with Gasteiger partial charge >= 0.3 is 0 Å². The molecule has 1 aliphatic rings. The quantitative estimate of drug-likeness (QED) is 0.810. The number of hydrogen-bond donors (Lipinski definition) is 3. The molecule has 0 radical (unpaired) electrons. The van der Waals surface area contributed by atoms with Gasteiger partial charge in [-0.3, -0.25) is 9.89 Å². The van der Waals surface area contributed by atoms with E-state index < -0.39 is 0 Å². The average molecular weight is 284 g/mol. The van der Waals surface area contributed by atoms with Gasteiger partial charge in [-0.1, -0.05) is 26.0 Å². The number of carbonyl (C=O) groups excluding carboxylic acids is 1. The fraction of sp³-hybridized carbons (Fsp3) is 0.375. The molecule has 1 aromatic carbocycles. The summed E-state index contributed by atoms with van der Waals surface area (Å²) in [6.45, 7) is 5.97. The predicted octanol–water partition coefficient (Wildman–Crippen LogP) is 2.43. The van der Waals surface area contributed by atoms with Crippen LogP contribution in [-0.4, -0.2) is 22.6 Å². The van der Waals surface area contributed by atoms with E-state index in [1.165, 1.54) is 5.56 Å². The van der Waals surface area contributed by atoms with Crippen LogP contribution in [0.4, 0.5) is 5.82 Å². The van der Waals surface area contributed by atoms with Gasteiger partial charge in [0.15, 0.2) is 5.82 Å². The van der Waals surface area contributed by atoms with Gasteiger partial charge in [-0.2, -0.15) is 5.10 Å².